The van der Waals surface area contributed by atoms with Crippen LogP contribution < -0.4 is 28.5 Å². The van der Waals surface area contributed by atoms with Crippen molar-refractivity contribution in [1.82, 2.24) is 0 Å². The molecule has 1 heterocycles. The summed E-state index contributed by atoms with van der Waals surface area (Å²) in [5.41, 5.74) is 4.05. The fourth-order valence-corrected chi connectivity index (χ4v) is 2.81. The van der Waals surface area contributed by atoms with E-state index in [2.05, 4.69) is 43.5 Å². The Balaban J connectivity index is 0.00000192. The van der Waals surface area contributed by atoms with Gasteiger partial charge < -0.3 is 5.11 Å². The molecule has 0 saturated heterocycles. The van der Waals surface area contributed by atoms with Gasteiger partial charge in [-0.05, 0) is 29.2 Å². The molecular weight excluding hydrogens is 277 g/mol. The molecule has 112 valence electrons. The average molecular weight is 298 g/mol. The summed E-state index contributed by atoms with van der Waals surface area (Å²) in [5, 5.41) is 13.5. The third-order valence-electron chi connectivity index (χ3n) is 4.20. The number of pyridine rings is 1. The fraction of sp³-hybridized carbons (Fsp3) is 0.250. The van der Waals surface area contributed by atoms with E-state index in [1.54, 1.807) is 6.07 Å². The quantitative estimate of drug-likeness (QED) is 0.480. The summed E-state index contributed by atoms with van der Waals surface area (Å²) in [5.74, 6) is 0.0684. The molecule has 1 aromatic heterocycles. The maximum Gasteiger partial charge on any atom is 1.00 e. The van der Waals surface area contributed by atoms with Crippen molar-refractivity contribution in [2.24, 2.45) is 7.05 Å². The molecule has 0 aliphatic carbocycles. The Morgan fingerprint density at radius 3 is 2.30 bits per heavy atom. The molecule has 0 bridgehead atoms. The van der Waals surface area contributed by atoms with Gasteiger partial charge in [0.25, 0.3) is 0 Å². The summed E-state index contributed by atoms with van der Waals surface area (Å²) >= 11 is 0. The van der Waals surface area contributed by atoms with E-state index in [0.29, 0.717) is 0 Å². The second kappa shape index (κ2) is 6.40. The molecule has 0 radical (unpaired) electrons. The van der Waals surface area contributed by atoms with E-state index in [4.69, 9.17) is 0 Å². The van der Waals surface area contributed by atoms with E-state index >= 15 is 0 Å². The first-order valence-electron chi connectivity index (χ1n) is 7.57. The molecule has 0 aliphatic heterocycles. The van der Waals surface area contributed by atoms with E-state index in [-0.39, 0.29) is 30.0 Å². The zero-order chi connectivity index (χ0) is 15.9. The summed E-state index contributed by atoms with van der Waals surface area (Å²) in [7, 11) is 2.01. The van der Waals surface area contributed by atoms with E-state index in [9.17, 15) is 5.11 Å². The van der Waals surface area contributed by atoms with Crippen LogP contribution in [-0.4, -0.2) is 0 Å². The molecule has 0 spiro atoms. The predicted octanol–water partition coefficient (Wildman–Crippen LogP) is 0.706. The number of aromatic nitrogens is 1. The van der Waals surface area contributed by atoms with Gasteiger partial charge in [0.05, 0.1) is 0 Å². The Bertz CT molecular complexity index is 850. The largest absolute Gasteiger partial charge is 1.00 e. The predicted molar refractivity (Wildman–Crippen MR) is 88.7 cm³/mol. The summed E-state index contributed by atoms with van der Waals surface area (Å²) < 4.78 is 2.10. The molecule has 23 heavy (non-hydrogen) atoms. The molecule has 2 nitrogen and oxygen atoms in total. The molecular formula is C20H21LiNO+. The van der Waals surface area contributed by atoms with Gasteiger partial charge >= 0.3 is 18.9 Å². The minimum absolute atomic E-state index is 0. The van der Waals surface area contributed by atoms with Gasteiger partial charge in [-0.25, -0.2) is 0 Å². The van der Waals surface area contributed by atoms with Gasteiger partial charge in [-0.15, -0.1) is 0 Å². The molecule has 0 amide bonds. The van der Waals surface area contributed by atoms with E-state index in [1.807, 2.05) is 37.4 Å². The number of nitrogens with zero attached hydrogens (tertiary/aromatic N) is 1. The van der Waals surface area contributed by atoms with Crippen molar-refractivity contribution in [2.75, 3.05) is 0 Å². The maximum atomic E-state index is 12.4. The first-order valence-corrected chi connectivity index (χ1v) is 7.57. The molecule has 0 saturated carbocycles. The molecule has 2 aromatic carbocycles. The Labute approximate surface area is 150 Å². The average Bonchev–Trinajstić information content (AvgIpc) is 2.48. The zero-order valence-corrected chi connectivity index (χ0v) is 14.6. The zero-order valence-electron chi connectivity index (χ0n) is 14.6. The summed E-state index contributed by atoms with van der Waals surface area (Å²) in [6, 6.07) is 18.0. The number of aryl methyl sites for hydroxylation is 1. The van der Waals surface area contributed by atoms with Crippen LogP contribution in [0.5, 0.6) is 5.75 Å². The van der Waals surface area contributed by atoms with Crippen LogP contribution in [0.4, 0.5) is 0 Å². The van der Waals surface area contributed by atoms with E-state index in [1.165, 1.54) is 10.9 Å². The van der Waals surface area contributed by atoms with Crippen LogP contribution in [-0.2, 0) is 12.5 Å². The summed E-state index contributed by atoms with van der Waals surface area (Å²) in [6.45, 7) is 6.49. The topological polar surface area (TPSA) is 26.9 Å². The van der Waals surface area contributed by atoms with Crippen LogP contribution in [0, 0.1) is 0 Å². The van der Waals surface area contributed by atoms with Crippen molar-refractivity contribution in [3.63, 3.8) is 0 Å². The van der Waals surface area contributed by atoms with Gasteiger partial charge in [0.1, 0.15) is 7.05 Å². The van der Waals surface area contributed by atoms with Gasteiger partial charge in [0.2, 0.25) is 11.2 Å². The molecule has 0 fully saturated rings. The Morgan fingerprint density at radius 2 is 1.61 bits per heavy atom. The first kappa shape index (κ1) is 17.6. The standard InChI is InChI=1S/C20H21NO.Li/c1-20(2,3)15-10-12-19(22)16(13-15)18-11-9-14-7-5-6-8-17(14)21(18)4;/h5-13H,1-4H3;/q;+1. The van der Waals surface area contributed by atoms with Gasteiger partial charge in [0, 0.05) is 23.1 Å². The van der Waals surface area contributed by atoms with Crippen LogP contribution in [0.1, 0.15) is 26.3 Å². The molecule has 0 aliphatic rings. The van der Waals surface area contributed by atoms with Gasteiger partial charge in [0.15, 0.2) is 0 Å². The molecule has 0 N–H and O–H groups in total. The van der Waals surface area contributed by atoms with Crippen LogP contribution in [0.25, 0.3) is 22.2 Å². The number of hydrogen-bond donors (Lipinski definition) is 0. The Kier molecular flexibility index (Phi) is 4.89. The van der Waals surface area contributed by atoms with Crippen molar-refractivity contribution >= 4 is 10.9 Å². The number of benzene rings is 2. The van der Waals surface area contributed by atoms with Crippen molar-refractivity contribution in [2.45, 2.75) is 26.2 Å². The Hall–Kier alpha value is -1.75. The molecule has 3 rings (SSSR count). The van der Waals surface area contributed by atoms with Gasteiger partial charge in [-0.2, -0.15) is 4.57 Å². The fourth-order valence-electron chi connectivity index (χ4n) is 2.81. The first-order chi connectivity index (χ1) is 10.4. The maximum absolute atomic E-state index is 12.4. The van der Waals surface area contributed by atoms with Crippen LogP contribution >= 0.6 is 0 Å². The second-order valence-corrected chi connectivity index (χ2v) is 6.80. The van der Waals surface area contributed by atoms with Crippen LogP contribution in [0.15, 0.2) is 54.6 Å². The third kappa shape index (κ3) is 3.29. The minimum Gasteiger partial charge on any atom is -0.872 e. The number of fused-ring (bicyclic) bond motifs is 1. The molecule has 3 heteroatoms. The Morgan fingerprint density at radius 1 is 0.913 bits per heavy atom. The third-order valence-corrected chi connectivity index (χ3v) is 4.20. The number of rotatable bonds is 1. The van der Waals surface area contributed by atoms with Crippen molar-refractivity contribution in [3.8, 4) is 17.0 Å². The molecule has 0 atom stereocenters. The van der Waals surface area contributed by atoms with Crippen molar-refractivity contribution < 1.29 is 28.5 Å². The smallest absolute Gasteiger partial charge is 0.872 e. The monoisotopic (exact) mass is 298 g/mol. The summed E-state index contributed by atoms with van der Waals surface area (Å²) in [4.78, 5) is 0. The molecule has 0 unspecified atom stereocenters. The van der Waals surface area contributed by atoms with Crippen LogP contribution in [0.2, 0.25) is 0 Å². The SMILES string of the molecule is C[n+]1c(-c2cc(C(C)(C)C)ccc2[O-])ccc2ccccc21.[Li+]. The second-order valence-electron chi connectivity index (χ2n) is 6.80. The van der Waals surface area contributed by atoms with E-state index < -0.39 is 0 Å². The minimum atomic E-state index is 0. The van der Waals surface area contributed by atoms with Crippen LogP contribution in [0.3, 0.4) is 0 Å². The van der Waals surface area contributed by atoms with E-state index in [0.717, 1.165) is 16.8 Å². The van der Waals surface area contributed by atoms with Crippen molar-refractivity contribution in [3.05, 3.63) is 60.2 Å². The van der Waals surface area contributed by atoms with Gasteiger partial charge in [-0.1, -0.05) is 50.8 Å². The normalized spacial score (nSPS) is 11.3. The van der Waals surface area contributed by atoms with Crippen molar-refractivity contribution in [1.29, 1.82) is 0 Å². The number of hydrogen-bond acceptors (Lipinski definition) is 1. The van der Waals surface area contributed by atoms with Gasteiger partial charge in [-0.3, -0.25) is 0 Å². The number of para-hydroxylation sites is 1. The summed E-state index contributed by atoms with van der Waals surface area (Å²) in [6.07, 6.45) is 0. The molecule has 3 aromatic rings.